The molecule has 2 heteroatoms. The van der Waals surface area contributed by atoms with Crippen molar-refractivity contribution < 1.29 is 0 Å². The molecule has 252 valence electrons. The molecule has 0 spiro atoms. The molecule has 1 nitrogen and oxygen atoms in total. The molecule has 1 aliphatic rings. The summed E-state index contributed by atoms with van der Waals surface area (Å²) in [6.45, 7) is 4.76. The van der Waals surface area contributed by atoms with E-state index < -0.39 is 8.07 Å². The second kappa shape index (κ2) is 12.2. The molecule has 53 heavy (non-hydrogen) atoms. The van der Waals surface area contributed by atoms with Crippen LogP contribution in [0.2, 0.25) is 0 Å². The number of benzene rings is 9. The molecule has 0 atom stereocenters. The van der Waals surface area contributed by atoms with Crippen molar-refractivity contribution in [1.29, 1.82) is 0 Å². The first kappa shape index (κ1) is 31.5. The van der Waals surface area contributed by atoms with E-state index in [4.69, 9.17) is 0 Å². The summed E-state index contributed by atoms with van der Waals surface area (Å²) in [6, 6.07) is 74.8. The summed E-state index contributed by atoms with van der Waals surface area (Å²) in [6.07, 6.45) is 0. The molecule has 0 amide bonds. The molecule has 0 saturated heterocycles. The minimum absolute atomic E-state index is 0.0910. The number of nitrogens with zero attached hydrogens (tertiary/aromatic N) is 1. The molecule has 1 aliphatic carbocycles. The number of fused-ring (bicyclic) bond motifs is 1. The average molecular weight is 694 g/mol. The minimum atomic E-state index is -2.63. The van der Waals surface area contributed by atoms with Crippen molar-refractivity contribution in [3.05, 3.63) is 211 Å². The molecular weight excluding hydrogens is 655 g/mol. The van der Waals surface area contributed by atoms with Gasteiger partial charge in [0.25, 0.3) is 0 Å². The molecular formula is C51H39NSi. The fourth-order valence-electron chi connectivity index (χ4n) is 9.21. The van der Waals surface area contributed by atoms with E-state index in [0.717, 1.165) is 11.4 Å². The number of para-hydroxylation sites is 1. The van der Waals surface area contributed by atoms with Crippen LogP contribution in [0.15, 0.2) is 200 Å². The van der Waals surface area contributed by atoms with Gasteiger partial charge in [0.2, 0.25) is 0 Å². The molecule has 9 aromatic rings. The van der Waals surface area contributed by atoms with E-state index >= 15 is 0 Å². The SMILES string of the molecule is CC1(C)c2cccc3ccc4cc(N(c5ccccc5)c5ccc6cc([Si](c7ccccc7)(c7ccccc7)c7ccccc7)ccc6c5)cc1c4c23. The predicted octanol–water partition coefficient (Wildman–Crippen LogP) is 10.6. The Bertz CT molecular complexity index is 2700. The predicted molar refractivity (Wildman–Crippen MR) is 229 cm³/mol. The lowest BCUT2D eigenvalue weighted by molar-refractivity contribution is 0.663. The maximum absolute atomic E-state index is 2.63. The van der Waals surface area contributed by atoms with Gasteiger partial charge < -0.3 is 4.90 Å². The second-order valence-corrected chi connectivity index (χ2v) is 18.8. The second-order valence-electron chi connectivity index (χ2n) is 15.0. The zero-order chi connectivity index (χ0) is 35.6. The first-order valence-electron chi connectivity index (χ1n) is 18.6. The molecule has 0 unspecified atom stereocenters. The number of anilines is 3. The number of hydrogen-bond acceptors (Lipinski definition) is 1. The number of hydrogen-bond donors (Lipinski definition) is 0. The van der Waals surface area contributed by atoms with Crippen LogP contribution in [0.25, 0.3) is 32.3 Å². The Morgan fingerprint density at radius 2 is 0.849 bits per heavy atom. The molecule has 0 N–H and O–H groups in total. The van der Waals surface area contributed by atoms with E-state index in [1.807, 2.05) is 0 Å². The van der Waals surface area contributed by atoms with Crippen LogP contribution in [0.5, 0.6) is 0 Å². The van der Waals surface area contributed by atoms with Gasteiger partial charge in [-0.2, -0.15) is 0 Å². The largest absolute Gasteiger partial charge is 0.310 e. The standard InChI is InChI=1S/C51H39NSi/c1-51(2)47-25-15-16-36-26-27-39-33-42(35-48(51)50(39)49(36)47)52(40-17-7-3-8-18-40)41-30-28-38-34-46(31-29-37(38)32-41)53(43-19-9-4-10-20-43,44-21-11-5-12-22-44)45-23-13-6-14-24-45/h3-35H,1-2H3. The summed E-state index contributed by atoms with van der Waals surface area (Å²) in [7, 11) is -2.63. The summed E-state index contributed by atoms with van der Waals surface area (Å²) in [5.74, 6) is 0. The Balaban J connectivity index is 1.16. The third kappa shape index (κ3) is 4.83. The van der Waals surface area contributed by atoms with Gasteiger partial charge in [-0.25, -0.2) is 0 Å². The Labute approximate surface area is 312 Å². The Morgan fingerprint density at radius 1 is 0.340 bits per heavy atom. The van der Waals surface area contributed by atoms with Crippen LogP contribution >= 0.6 is 0 Å². The summed E-state index contributed by atoms with van der Waals surface area (Å²) < 4.78 is 0. The van der Waals surface area contributed by atoms with Crippen molar-refractivity contribution in [2.45, 2.75) is 19.3 Å². The molecule has 0 radical (unpaired) electrons. The number of rotatable bonds is 7. The topological polar surface area (TPSA) is 3.24 Å². The van der Waals surface area contributed by atoms with Gasteiger partial charge in [0.15, 0.2) is 8.07 Å². The minimum Gasteiger partial charge on any atom is -0.310 e. The zero-order valence-electron chi connectivity index (χ0n) is 30.0. The highest BCUT2D eigenvalue weighted by Gasteiger charge is 2.41. The molecule has 0 aromatic heterocycles. The summed E-state index contributed by atoms with van der Waals surface area (Å²) in [5, 5.41) is 13.4. The maximum Gasteiger partial charge on any atom is 0.179 e. The molecule has 0 aliphatic heterocycles. The van der Waals surface area contributed by atoms with Crippen molar-refractivity contribution >= 4 is 78.2 Å². The first-order valence-corrected chi connectivity index (χ1v) is 20.6. The van der Waals surface area contributed by atoms with Crippen LogP contribution in [0.4, 0.5) is 17.1 Å². The van der Waals surface area contributed by atoms with Gasteiger partial charge in [-0.05, 0) is 101 Å². The average Bonchev–Trinajstić information content (AvgIpc) is 3.45. The van der Waals surface area contributed by atoms with E-state index in [2.05, 4.69) is 219 Å². The molecule has 0 fully saturated rings. The van der Waals surface area contributed by atoms with Gasteiger partial charge in [0.05, 0.1) is 0 Å². The summed E-state index contributed by atoms with van der Waals surface area (Å²) in [5.41, 5.74) is 6.20. The van der Waals surface area contributed by atoms with Crippen LogP contribution < -0.4 is 25.6 Å². The van der Waals surface area contributed by atoms with E-state index in [-0.39, 0.29) is 5.41 Å². The fraction of sp³-hybridized carbons (Fsp3) is 0.0588. The lowest BCUT2D eigenvalue weighted by Crippen LogP contribution is -2.74. The lowest BCUT2D eigenvalue weighted by Gasteiger charge is -2.34. The highest BCUT2D eigenvalue weighted by atomic mass is 28.3. The quantitative estimate of drug-likeness (QED) is 0.0913. The Hall–Kier alpha value is -6.22. The van der Waals surface area contributed by atoms with Gasteiger partial charge in [-0.3, -0.25) is 0 Å². The Morgan fingerprint density at radius 3 is 1.49 bits per heavy atom. The smallest absolute Gasteiger partial charge is 0.179 e. The highest BCUT2D eigenvalue weighted by molar-refractivity contribution is 7.20. The molecule has 0 bridgehead atoms. The van der Waals surface area contributed by atoms with Crippen molar-refractivity contribution in [3.8, 4) is 0 Å². The van der Waals surface area contributed by atoms with E-state index in [1.54, 1.807) is 0 Å². The van der Waals surface area contributed by atoms with Gasteiger partial charge >= 0.3 is 0 Å². The monoisotopic (exact) mass is 693 g/mol. The van der Waals surface area contributed by atoms with Gasteiger partial charge in [0.1, 0.15) is 0 Å². The third-order valence-corrected chi connectivity index (χ3v) is 16.5. The van der Waals surface area contributed by atoms with E-state index in [0.29, 0.717) is 0 Å². The van der Waals surface area contributed by atoms with Crippen LogP contribution in [0.3, 0.4) is 0 Å². The van der Waals surface area contributed by atoms with Crippen molar-refractivity contribution in [2.24, 2.45) is 0 Å². The van der Waals surface area contributed by atoms with Crippen molar-refractivity contribution in [3.63, 3.8) is 0 Å². The maximum atomic E-state index is 2.47. The van der Waals surface area contributed by atoms with Crippen LogP contribution in [0.1, 0.15) is 25.0 Å². The van der Waals surface area contributed by atoms with Gasteiger partial charge in [-0.1, -0.05) is 178 Å². The van der Waals surface area contributed by atoms with Crippen molar-refractivity contribution in [1.82, 2.24) is 0 Å². The molecule has 0 saturated carbocycles. The summed E-state index contributed by atoms with van der Waals surface area (Å²) in [4.78, 5) is 2.43. The van der Waals surface area contributed by atoms with Crippen molar-refractivity contribution in [2.75, 3.05) is 4.90 Å². The van der Waals surface area contributed by atoms with Gasteiger partial charge in [-0.15, -0.1) is 0 Å². The van der Waals surface area contributed by atoms with Crippen LogP contribution in [-0.2, 0) is 5.41 Å². The fourth-order valence-corrected chi connectivity index (χ4v) is 14.0. The highest BCUT2D eigenvalue weighted by Crippen LogP contribution is 2.51. The summed E-state index contributed by atoms with van der Waals surface area (Å²) >= 11 is 0. The molecule has 10 rings (SSSR count). The zero-order valence-corrected chi connectivity index (χ0v) is 31.0. The van der Waals surface area contributed by atoms with Crippen LogP contribution in [0, 0.1) is 0 Å². The molecule has 0 heterocycles. The first-order chi connectivity index (χ1) is 26.0. The lowest BCUT2D eigenvalue weighted by atomic mass is 9.81. The van der Waals surface area contributed by atoms with Gasteiger partial charge in [0, 0.05) is 22.5 Å². The Kier molecular flexibility index (Phi) is 7.25. The molecule has 9 aromatic carbocycles. The third-order valence-electron chi connectivity index (χ3n) is 11.7. The normalized spacial score (nSPS) is 13.2. The van der Waals surface area contributed by atoms with E-state index in [1.165, 1.54) is 69.9 Å². The van der Waals surface area contributed by atoms with Crippen LogP contribution in [-0.4, -0.2) is 8.07 Å². The van der Waals surface area contributed by atoms with E-state index in [9.17, 15) is 0 Å².